The van der Waals surface area contributed by atoms with Crippen molar-refractivity contribution in [3.63, 3.8) is 0 Å². The fourth-order valence-electron chi connectivity index (χ4n) is 3.31. The monoisotopic (exact) mass is 445 g/mol. The Morgan fingerprint density at radius 2 is 1.73 bits per heavy atom. The number of anilines is 2. The summed E-state index contributed by atoms with van der Waals surface area (Å²) < 4.78 is 27.8. The van der Waals surface area contributed by atoms with Gasteiger partial charge in [0.1, 0.15) is 19.5 Å². The van der Waals surface area contributed by atoms with E-state index in [1.807, 2.05) is 11.9 Å². The van der Waals surface area contributed by atoms with Gasteiger partial charge in [-0.2, -0.15) is 0 Å². The number of amidine groups is 1. The summed E-state index contributed by atoms with van der Waals surface area (Å²) in [5.74, 6) is -2.81. The standard InChI is InChI=1S/C23H18BF2N5O2/c1-31-9-8-27-21(31)13-2-4-14(5-3-13)22(32)29-19-11-18(26)17(25)10-16(19)23(33)30-20-7-6-15(24)12-28-20/h2-7,10-12H,8-9H2,1H3,(H,29,32)(H,28,30,33). The van der Waals surface area contributed by atoms with Crippen LogP contribution in [0.4, 0.5) is 20.3 Å². The minimum Gasteiger partial charge on any atom is -0.358 e. The molecule has 3 aromatic rings. The zero-order valence-corrected chi connectivity index (χ0v) is 17.6. The number of rotatable bonds is 5. The molecule has 2 heterocycles. The lowest BCUT2D eigenvalue weighted by atomic mass is 9.99. The summed E-state index contributed by atoms with van der Waals surface area (Å²) in [6.45, 7) is 1.53. The molecule has 164 valence electrons. The van der Waals surface area contributed by atoms with Crippen molar-refractivity contribution in [2.75, 3.05) is 30.8 Å². The second kappa shape index (κ2) is 9.19. The van der Waals surface area contributed by atoms with Crippen molar-refractivity contribution in [1.82, 2.24) is 9.88 Å². The topological polar surface area (TPSA) is 86.7 Å². The highest BCUT2D eigenvalue weighted by atomic mass is 19.2. The summed E-state index contributed by atoms with van der Waals surface area (Å²) in [5.41, 5.74) is 1.08. The lowest BCUT2D eigenvalue weighted by Crippen LogP contribution is -2.23. The molecule has 10 heteroatoms. The number of pyridine rings is 1. The number of aliphatic imine (C=N–C) groups is 1. The zero-order chi connectivity index (χ0) is 23.5. The number of benzene rings is 2. The van der Waals surface area contributed by atoms with Crippen LogP contribution in [0.5, 0.6) is 0 Å². The molecule has 33 heavy (non-hydrogen) atoms. The van der Waals surface area contributed by atoms with Crippen LogP contribution in [0, 0.1) is 11.6 Å². The van der Waals surface area contributed by atoms with E-state index in [0.717, 1.165) is 30.1 Å². The molecule has 2 aromatic carbocycles. The third-order valence-corrected chi connectivity index (χ3v) is 5.05. The van der Waals surface area contributed by atoms with E-state index in [-0.39, 0.29) is 22.6 Å². The number of carbonyl (C=O) groups is 2. The van der Waals surface area contributed by atoms with Crippen molar-refractivity contribution in [1.29, 1.82) is 0 Å². The summed E-state index contributed by atoms with van der Waals surface area (Å²) in [4.78, 5) is 35.8. The quantitative estimate of drug-likeness (QED) is 0.591. The molecule has 0 aliphatic carbocycles. The van der Waals surface area contributed by atoms with Crippen LogP contribution in [0.1, 0.15) is 26.3 Å². The smallest absolute Gasteiger partial charge is 0.259 e. The molecule has 1 aromatic heterocycles. The summed E-state index contributed by atoms with van der Waals surface area (Å²) in [6.07, 6.45) is 1.34. The molecule has 2 amide bonds. The summed E-state index contributed by atoms with van der Waals surface area (Å²) in [6, 6.07) is 11.1. The van der Waals surface area contributed by atoms with E-state index in [0.29, 0.717) is 12.0 Å². The van der Waals surface area contributed by atoms with Gasteiger partial charge in [-0.1, -0.05) is 23.7 Å². The van der Waals surface area contributed by atoms with Crippen molar-refractivity contribution < 1.29 is 18.4 Å². The molecule has 0 saturated carbocycles. The Morgan fingerprint density at radius 3 is 2.36 bits per heavy atom. The number of hydrogen-bond donors (Lipinski definition) is 2. The molecule has 0 unspecified atom stereocenters. The van der Waals surface area contributed by atoms with Gasteiger partial charge in [-0.15, -0.1) is 0 Å². The number of likely N-dealkylation sites (N-methyl/N-ethyl adjacent to an activating group) is 1. The lowest BCUT2D eigenvalue weighted by Gasteiger charge is -2.14. The van der Waals surface area contributed by atoms with Crippen LogP contribution in [-0.2, 0) is 0 Å². The molecular formula is C23H18BF2N5O2. The Balaban J connectivity index is 1.55. The molecule has 0 fully saturated rings. The van der Waals surface area contributed by atoms with Crippen LogP contribution in [0.15, 0.2) is 59.7 Å². The highest BCUT2D eigenvalue weighted by Crippen LogP contribution is 2.22. The van der Waals surface area contributed by atoms with Crippen molar-refractivity contribution in [2.24, 2.45) is 4.99 Å². The second-order valence-electron chi connectivity index (χ2n) is 7.40. The van der Waals surface area contributed by atoms with E-state index >= 15 is 0 Å². The van der Waals surface area contributed by atoms with Gasteiger partial charge >= 0.3 is 0 Å². The number of nitrogens with zero attached hydrogens (tertiary/aromatic N) is 3. The maximum atomic E-state index is 13.9. The molecule has 1 aliphatic heterocycles. The minimum absolute atomic E-state index is 0.159. The van der Waals surface area contributed by atoms with Crippen molar-refractivity contribution >= 4 is 42.5 Å². The average molecular weight is 445 g/mol. The van der Waals surface area contributed by atoms with Gasteiger partial charge in [-0.3, -0.25) is 14.6 Å². The van der Waals surface area contributed by atoms with Crippen molar-refractivity contribution in [2.45, 2.75) is 0 Å². The minimum atomic E-state index is -1.23. The van der Waals surface area contributed by atoms with Crippen molar-refractivity contribution in [3.05, 3.63) is 83.1 Å². The summed E-state index contributed by atoms with van der Waals surface area (Å²) >= 11 is 0. The maximum Gasteiger partial charge on any atom is 0.259 e. The Hall–Kier alpha value is -4.08. The van der Waals surface area contributed by atoms with Crippen LogP contribution in [0.3, 0.4) is 0 Å². The number of amides is 2. The summed E-state index contributed by atoms with van der Waals surface area (Å²) in [5, 5.41) is 4.95. The Labute approximate surface area is 190 Å². The molecular weight excluding hydrogens is 427 g/mol. The van der Waals surface area contributed by atoms with Gasteiger partial charge in [0.15, 0.2) is 11.6 Å². The first-order chi connectivity index (χ1) is 15.8. The number of carbonyl (C=O) groups excluding carboxylic acids is 2. The normalized spacial score (nSPS) is 12.9. The Kier molecular flexibility index (Phi) is 6.17. The molecule has 1 aliphatic rings. The molecule has 0 spiro atoms. The van der Waals surface area contributed by atoms with E-state index in [2.05, 4.69) is 20.6 Å². The van der Waals surface area contributed by atoms with Crippen LogP contribution in [-0.4, -0.2) is 55.5 Å². The molecule has 4 rings (SSSR count). The molecule has 2 radical (unpaired) electrons. The Bertz CT molecular complexity index is 1250. The molecule has 0 saturated heterocycles. The largest absolute Gasteiger partial charge is 0.358 e. The first-order valence-electron chi connectivity index (χ1n) is 10.0. The van der Waals surface area contributed by atoms with Gasteiger partial charge in [-0.25, -0.2) is 13.8 Å². The van der Waals surface area contributed by atoms with Gasteiger partial charge in [-0.05, 0) is 24.3 Å². The second-order valence-corrected chi connectivity index (χ2v) is 7.40. The van der Waals surface area contributed by atoms with E-state index in [4.69, 9.17) is 7.85 Å². The summed E-state index contributed by atoms with van der Waals surface area (Å²) in [7, 11) is 7.50. The lowest BCUT2D eigenvalue weighted by molar-refractivity contribution is 0.102. The van der Waals surface area contributed by atoms with Crippen LogP contribution < -0.4 is 16.1 Å². The SMILES string of the molecule is [B]c1ccc(NC(=O)c2cc(F)c(F)cc2NC(=O)c2ccc(C3=NCCN3C)cc2)nc1. The molecule has 0 atom stereocenters. The van der Waals surface area contributed by atoms with Crippen LogP contribution >= 0.6 is 0 Å². The number of nitrogens with one attached hydrogen (secondary N) is 2. The van der Waals surface area contributed by atoms with E-state index < -0.39 is 23.4 Å². The Morgan fingerprint density at radius 1 is 1.00 bits per heavy atom. The van der Waals surface area contributed by atoms with Crippen molar-refractivity contribution in [3.8, 4) is 0 Å². The average Bonchev–Trinajstić information content (AvgIpc) is 3.23. The van der Waals surface area contributed by atoms with E-state index in [1.165, 1.54) is 18.3 Å². The highest BCUT2D eigenvalue weighted by Gasteiger charge is 2.20. The fourth-order valence-corrected chi connectivity index (χ4v) is 3.31. The molecule has 7 nitrogen and oxygen atoms in total. The van der Waals surface area contributed by atoms with E-state index in [9.17, 15) is 18.4 Å². The van der Waals surface area contributed by atoms with Gasteiger partial charge in [0.05, 0.1) is 17.8 Å². The van der Waals surface area contributed by atoms with Gasteiger partial charge in [0, 0.05) is 37.0 Å². The number of halogens is 2. The third-order valence-electron chi connectivity index (χ3n) is 5.05. The number of aromatic nitrogens is 1. The first kappa shape index (κ1) is 22.1. The maximum absolute atomic E-state index is 13.9. The third kappa shape index (κ3) is 4.89. The molecule has 2 N–H and O–H groups in total. The van der Waals surface area contributed by atoms with Crippen LogP contribution in [0.25, 0.3) is 0 Å². The van der Waals surface area contributed by atoms with Gasteiger partial charge in [0.25, 0.3) is 11.8 Å². The van der Waals surface area contributed by atoms with Crippen LogP contribution in [0.2, 0.25) is 0 Å². The van der Waals surface area contributed by atoms with Gasteiger partial charge in [0.2, 0.25) is 0 Å². The predicted octanol–water partition coefficient (Wildman–Crippen LogP) is 2.35. The molecule has 0 bridgehead atoms. The zero-order valence-electron chi connectivity index (χ0n) is 17.6. The van der Waals surface area contributed by atoms with E-state index in [1.54, 1.807) is 24.3 Å². The fraction of sp³-hybridized carbons (Fsp3) is 0.130. The van der Waals surface area contributed by atoms with Gasteiger partial charge < -0.3 is 15.5 Å². The predicted molar refractivity (Wildman–Crippen MR) is 122 cm³/mol. The highest BCUT2D eigenvalue weighted by molar-refractivity contribution is 6.32. The number of hydrogen-bond acceptors (Lipinski definition) is 5. The first-order valence-corrected chi connectivity index (χ1v) is 10.0.